The summed E-state index contributed by atoms with van der Waals surface area (Å²) in [5.41, 5.74) is 6.74. The number of hydrogen-bond donors (Lipinski definition) is 3. The maximum atomic E-state index is 11.8. The summed E-state index contributed by atoms with van der Waals surface area (Å²) in [5.74, 6) is -0.383. The lowest BCUT2D eigenvalue weighted by Gasteiger charge is -2.11. The first-order chi connectivity index (χ1) is 9.08. The monoisotopic (exact) mass is 263 g/mol. The molecule has 1 rings (SSSR count). The lowest BCUT2D eigenvalue weighted by molar-refractivity contribution is -0.117. The molecular formula is C14H21N3O2. The summed E-state index contributed by atoms with van der Waals surface area (Å²) in [6.07, 6.45) is 1.45. The van der Waals surface area contributed by atoms with Crippen LogP contribution < -0.4 is 16.4 Å². The normalized spacial score (nSPS) is 11.7. The van der Waals surface area contributed by atoms with Crippen LogP contribution in [0.5, 0.6) is 0 Å². The van der Waals surface area contributed by atoms with E-state index in [0.717, 1.165) is 6.42 Å². The fraction of sp³-hybridized carbons (Fsp3) is 0.429. The van der Waals surface area contributed by atoms with Crippen LogP contribution in [0, 0.1) is 0 Å². The van der Waals surface area contributed by atoms with Crippen LogP contribution in [-0.2, 0) is 4.79 Å². The van der Waals surface area contributed by atoms with Gasteiger partial charge in [0, 0.05) is 17.8 Å². The Hall–Kier alpha value is -1.88. The highest BCUT2D eigenvalue weighted by Crippen LogP contribution is 2.11. The second-order valence-corrected chi connectivity index (χ2v) is 4.34. The van der Waals surface area contributed by atoms with E-state index in [-0.39, 0.29) is 11.8 Å². The maximum absolute atomic E-state index is 11.8. The van der Waals surface area contributed by atoms with Crippen molar-refractivity contribution in [2.45, 2.75) is 32.7 Å². The van der Waals surface area contributed by atoms with Crippen molar-refractivity contribution in [3.63, 3.8) is 0 Å². The largest absolute Gasteiger partial charge is 0.352 e. The lowest BCUT2D eigenvalue weighted by Crippen LogP contribution is -2.34. The highest BCUT2D eigenvalue weighted by molar-refractivity contribution is 5.98. The van der Waals surface area contributed by atoms with Gasteiger partial charge in [0.1, 0.15) is 0 Å². The second-order valence-electron chi connectivity index (χ2n) is 4.34. The molecule has 1 unspecified atom stereocenters. The fourth-order valence-corrected chi connectivity index (χ4v) is 1.50. The Bertz CT molecular complexity index is 446. The van der Waals surface area contributed by atoms with Crippen LogP contribution in [0.3, 0.4) is 0 Å². The Labute approximate surface area is 113 Å². The van der Waals surface area contributed by atoms with Gasteiger partial charge in [0.05, 0.1) is 6.04 Å². The minimum atomic E-state index is -0.530. The Kier molecular flexibility index (Phi) is 6.02. The number of carbonyl (C=O) groups excluding carboxylic acids is 2. The minimum absolute atomic E-state index is 0.141. The summed E-state index contributed by atoms with van der Waals surface area (Å²) in [7, 11) is 0. The van der Waals surface area contributed by atoms with Gasteiger partial charge in [-0.25, -0.2) is 0 Å². The van der Waals surface area contributed by atoms with Gasteiger partial charge >= 0.3 is 0 Å². The summed E-state index contributed by atoms with van der Waals surface area (Å²) >= 11 is 0. The van der Waals surface area contributed by atoms with Gasteiger partial charge < -0.3 is 16.4 Å². The molecule has 5 heteroatoms. The summed E-state index contributed by atoms with van der Waals surface area (Å²) in [6, 6.07) is 6.29. The van der Waals surface area contributed by atoms with Crippen molar-refractivity contribution >= 4 is 17.5 Å². The molecule has 0 aromatic heterocycles. The SMILES string of the molecule is CCCNC(=O)c1cccc(NC(=O)C(N)CC)c1. The Morgan fingerprint density at radius 1 is 1.32 bits per heavy atom. The molecule has 0 aliphatic heterocycles. The average molecular weight is 263 g/mol. The smallest absolute Gasteiger partial charge is 0.251 e. The Balaban J connectivity index is 2.71. The molecule has 104 valence electrons. The predicted octanol–water partition coefficient (Wildman–Crippen LogP) is 1.50. The van der Waals surface area contributed by atoms with Gasteiger partial charge in [0.15, 0.2) is 0 Å². The van der Waals surface area contributed by atoms with E-state index in [2.05, 4.69) is 10.6 Å². The first-order valence-corrected chi connectivity index (χ1v) is 6.53. The molecule has 4 N–H and O–H groups in total. The Morgan fingerprint density at radius 2 is 2.05 bits per heavy atom. The third-order valence-electron chi connectivity index (χ3n) is 2.70. The van der Waals surface area contributed by atoms with E-state index in [1.165, 1.54) is 0 Å². The maximum Gasteiger partial charge on any atom is 0.251 e. The zero-order valence-corrected chi connectivity index (χ0v) is 11.4. The van der Waals surface area contributed by atoms with Gasteiger partial charge in [0.25, 0.3) is 5.91 Å². The number of nitrogens with two attached hydrogens (primary N) is 1. The quantitative estimate of drug-likeness (QED) is 0.727. The van der Waals surface area contributed by atoms with Crippen molar-refractivity contribution in [2.24, 2.45) is 5.73 Å². The van der Waals surface area contributed by atoms with Crippen LogP contribution in [0.15, 0.2) is 24.3 Å². The number of hydrogen-bond acceptors (Lipinski definition) is 3. The van der Waals surface area contributed by atoms with E-state index in [9.17, 15) is 9.59 Å². The summed E-state index contributed by atoms with van der Waals surface area (Å²) < 4.78 is 0. The number of nitrogens with one attached hydrogen (secondary N) is 2. The van der Waals surface area contributed by atoms with Crippen molar-refractivity contribution in [3.05, 3.63) is 29.8 Å². The van der Waals surface area contributed by atoms with E-state index in [0.29, 0.717) is 24.2 Å². The van der Waals surface area contributed by atoms with Crippen molar-refractivity contribution < 1.29 is 9.59 Å². The zero-order valence-electron chi connectivity index (χ0n) is 11.4. The van der Waals surface area contributed by atoms with E-state index in [1.54, 1.807) is 24.3 Å². The average Bonchev–Trinajstić information content (AvgIpc) is 2.43. The van der Waals surface area contributed by atoms with Gasteiger partial charge in [-0.05, 0) is 31.0 Å². The first kappa shape index (κ1) is 15.2. The van der Waals surface area contributed by atoms with Crippen molar-refractivity contribution in [2.75, 3.05) is 11.9 Å². The lowest BCUT2D eigenvalue weighted by atomic mass is 10.1. The molecule has 0 bridgehead atoms. The van der Waals surface area contributed by atoms with E-state index >= 15 is 0 Å². The third kappa shape index (κ3) is 4.71. The fourth-order valence-electron chi connectivity index (χ4n) is 1.50. The van der Waals surface area contributed by atoms with Crippen LogP contribution >= 0.6 is 0 Å². The van der Waals surface area contributed by atoms with Crippen molar-refractivity contribution in [1.29, 1.82) is 0 Å². The van der Waals surface area contributed by atoms with Crippen molar-refractivity contribution in [1.82, 2.24) is 5.32 Å². The van der Waals surface area contributed by atoms with Crippen LogP contribution in [0.2, 0.25) is 0 Å². The molecule has 0 saturated carbocycles. The molecule has 1 atom stereocenters. The number of carbonyl (C=O) groups is 2. The molecular weight excluding hydrogens is 242 g/mol. The molecule has 0 saturated heterocycles. The number of anilines is 1. The van der Waals surface area contributed by atoms with Crippen molar-refractivity contribution in [3.8, 4) is 0 Å². The molecule has 1 aromatic rings. The molecule has 2 amide bonds. The van der Waals surface area contributed by atoms with Crippen LogP contribution in [0.25, 0.3) is 0 Å². The highest BCUT2D eigenvalue weighted by atomic mass is 16.2. The number of rotatable bonds is 6. The van der Waals surface area contributed by atoms with E-state index in [1.807, 2.05) is 13.8 Å². The third-order valence-corrected chi connectivity index (χ3v) is 2.70. The van der Waals surface area contributed by atoms with Gasteiger partial charge in [-0.2, -0.15) is 0 Å². The van der Waals surface area contributed by atoms with Gasteiger partial charge in [0.2, 0.25) is 5.91 Å². The summed E-state index contributed by atoms with van der Waals surface area (Å²) in [4.78, 5) is 23.4. The van der Waals surface area contributed by atoms with Crippen LogP contribution in [0.4, 0.5) is 5.69 Å². The molecule has 1 aromatic carbocycles. The standard InChI is InChI=1S/C14H21N3O2/c1-3-8-16-13(18)10-6-5-7-11(9-10)17-14(19)12(15)4-2/h5-7,9,12H,3-4,8,15H2,1-2H3,(H,16,18)(H,17,19). The second kappa shape index (κ2) is 7.53. The van der Waals surface area contributed by atoms with Crippen LogP contribution in [-0.4, -0.2) is 24.4 Å². The van der Waals surface area contributed by atoms with Gasteiger partial charge in [-0.15, -0.1) is 0 Å². The number of amides is 2. The molecule has 19 heavy (non-hydrogen) atoms. The molecule has 0 radical (unpaired) electrons. The number of benzene rings is 1. The Morgan fingerprint density at radius 3 is 2.68 bits per heavy atom. The predicted molar refractivity (Wildman–Crippen MR) is 76.0 cm³/mol. The molecule has 0 aliphatic rings. The van der Waals surface area contributed by atoms with Gasteiger partial charge in [-0.3, -0.25) is 9.59 Å². The topological polar surface area (TPSA) is 84.2 Å². The summed E-state index contributed by atoms with van der Waals surface area (Å²) in [6.45, 7) is 4.47. The zero-order chi connectivity index (χ0) is 14.3. The van der Waals surface area contributed by atoms with Gasteiger partial charge in [-0.1, -0.05) is 19.9 Å². The molecule has 0 aliphatic carbocycles. The molecule has 0 fully saturated rings. The van der Waals surface area contributed by atoms with E-state index in [4.69, 9.17) is 5.73 Å². The molecule has 0 heterocycles. The first-order valence-electron chi connectivity index (χ1n) is 6.53. The molecule has 5 nitrogen and oxygen atoms in total. The summed E-state index contributed by atoms with van der Waals surface area (Å²) in [5, 5.41) is 5.49. The molecule has 0 spiro atoms. The van der Waals surface area contributed by atoms with Crippen LogP contribution in [0.1, 0.15) is 37.0 Å². The van der Waals surface area contributed by atoms with E-state index < -0.39 is 6.04 Å². The highest BCUT2D eigenvalue weighted by Gasteiger charge is 2.12. The minimum Gasteiger partial charge on any atom is -0.352 e.